The monoisotopic (exact) mass is 277 g/mol. The van der Waals surface area contributed by atoms with E-state index in [1.54, 1.807) is 38.0 Å². The SMILES string of the molecule is CN(C)C(=O)CCc1ccc(NCC(=O)N(C)C)cc1. The molecule has 0 fully saturated rings. The summed E-state index contributed by atoms with van der Waals surface area (Å²) in [6, 6.07) is 7.81. The van der Waals surface area contributed by atoms with E-state index in [-0.39, 0.29) is 18.4 Å². The van der Waals surface area contributed by atoms with Crippen molar-refractivity contribution in [1.29, 1.82) is 0 Å². The van der Waals surface area contributed by atoms with Crippen LogP contribution in [0.2, 0.25) is 0 Å². The summed E-state index contributed by atoms with van der Waals surface area (Å²) in [6.07, 6.45) is 1.24. The number of hydrogen-bond acceptors (Lipinski definition) is 3. The van der Waals surface area contributed by atoms with Crippen molar-refractivity contribution in [1.82, 2.24) is 9.80 Å². The predicted molar refractivity (Wildman–Crippen MR) is 80.6 cm³/mol. The summed E-state index contributed by atoms with van der Waals surface area (Å²) in [5.74, 6) is 0.162. The molecular weight excluding hydrogens is 254 g/mol. The van der Waals surface area contributed by atoms with Crippen LogP contribution in [0.5, 0.6) is 0 Å². The van der Waals surface area contributed by atoms with Gasteiger partial charge in [0, 0.05) is 40.3 Å². The van der Waals surface area contributed by atoms with Crippen LogP contribution < -0.4 is 5.32 Å². The number of nitrogens with zero attached hydrogens (tertiary/aromatic N) is 2. The molecule has 5 nitrogen and oxygen atoms in total. The number of rotatable bonds is 6. The minimum Gasteiger partial charge on any atom is -0.376 e. The maximum Gasteiger partial charge on any atom is 0.241 e. The molecule has 0 aromatic heterocycles. The van der Waals surface area contributed by atoms with Gasteiger partial charge in [0.25, 0.3) is 0 Å². The van der Waals surface area contributed by atoms with E-state index in [1.165, 1.54) is 0 Å². The average molecular weight is 277 g/mol. The second kappa shape index (κ2) is 7.53. The van der Waals surface area contributed by atoms with Crippen molar-refractivity contribution < 1.29 is 9.59 Å². The first kappa shape index (κ1) is 16.0. The third-order valence-electron chi connectivity index (χ3n) is 3.02. The standard InChI is InChI=1S/C15H23N3O2/c1-17(2)14(19)10-7-12-5-8-13(9-6-12)16-11-15(20)18(3)4/h5-6,8-9,16H,7,10-11H2,1-4H3. The Morgan fingerprint density at radius 2 is 1.50 bits per heavy atom. The van der Waals surface area contributed by atoms with E-state index < -0.39 is 0 Å². The van der Waals surface area contributed by atoms with E-state index in [2.05, 4.69) is 5.32 Å². The van der Waals surface area contributed by atoms with Gasteiger partial charge in [0.15, 0.2) is 0 Å². The molecule has 0 aliphatic carbocycles. The summed E-state index contributed by atoms with van der Waals surface area (Å²) in [5.41, 5.74) is 2.02. The zero-order valence-electron chi connectivity index (χ0n) is 12.6. The molecule has 0 spiro atoms. The molecule has 0 bridgehead atoms. The van der Waals surface area contributed by atoms with Gasteiger partial charge in [-0.3, -0.25) is 9.59 Å². The molecule has 1 aromatic rings. The minimum absolute atomic E-state index is 0.0330. The first-order valence-corrected chi connectivity index (χ1v) is 6.63. The molecule has 0 saturated heterocycles. The molecule has 0 saturated carbocycles. The molecule has 5 heteroatoms. The Balaban J connectivity index is 2.44. The Labute approximate surface area is 120 Å². The summed E-state index contributed by atoms with van der Waals surface area (Å²) >= 11 is 0. The Bertz CT molecular complexity index is 410. The average Bonchev–Trinajstić information content (AvgIpc) is 2.42. The number of anilines is 1. The van der Waals surface area contributed by atoms with Crippen LogP contribution in [-0.4, -0.2) is 56.3 Å². The zero-order valence-corrected chi connectivity index (χ0v) is 12.6. The first-order chi connectivity index (χ1) is 9.40. The highest BCUT2D eigenvalue weighted by molar-refractivity contribution is 5.80. The number of benzene rings is 1. The lowest BCUT2D eigenvalue weighted by Crippen LogP contribution is -2.28. The van der Waals surface area contributed by atoms with E-state index in [9.17, 15) is 9.59 Å². The zero-order chi connectivity index (χ0) is 15.1. The quantitative estimate of drug-likeness (QED) is 0.850. The molecular formula is C15H23N3O2. The molecule has 20 heavy (non-hydrogen) atoms. The van der Waals surface area contributed by atoms with Gasteiger partial charge in [-0.1, -0.05) is 12.1 Å². The number of amides is 2. The lowest BCUT2D eigenvalue weighted by molar-refractivity contribution is -0.128. The molecule has 1 N–H and O–H groups in total. The van der Waals surface area contributed by atoms with E-state index in [4.69, 9.17) is 0 Å². The summed E-state index contributed by atoms with van der Waals surface area (Å²) in [6.45, 7) is 0.283. The van der Waals surface area contributed by atoms with E-state index in [0.29, 0.717) is 6.42 Å². The molecule has 0 atom stereocenters. The van der Waals surface area contributed by atoms with Crippen molar-refractivity contribution in [3.05, 3.63) is 29.8 Å². The third-order valence-corrected chi connectivity index (χ3v) is 3.02. The smallest absolute Gasteiger partial charge is 0.241 e. The summed E-state index contributed by atoms with van der Waals surface area (Å²) in [4.78, 5) is 26.1. The number of aryl methyl sites for hydroxylation is 1. The van der Waals surface area contributed by atoms with Crippen LogP contribution in [0.25, 0.3) is 0 Å². The Hall–Kier alpha value is -2.04. The Morgan fingerprint density at radius 1 is 0.950 bits per heavy atom. The van der Waals surface area contributed by atoms with Crippen LogP contribution in [0.15, 0.2) is 24.3 Å². The van der Waals surface area contributed by atoms with Crippen molar-refractivity contribution in [3.8, 4) is 0 Å². The van der Waals surface area contributed by atoms with Crippen molar-refractivity contribution in [2.75, 3.05) is 40.1 Å². The summed E-state index contributed by atoms with van der Waals surface area (Å²) in [5, 5.41) is 3.07. The molecule has 0 aliphatic heterocycles. The topological polar surface area (TPSA) is 52.7 Å². The van der Waals surface area contributed by atoms with E-state index >= 15 is 0 Å². The number of carbonyl (C=O) groups is 2. The molecule has 0 heterocycles. The maximum atomic E-state index is 11.5. The Kier molecular flexibility index (Phi) is 6.03. The number of likely N-dealkylation sites (N-methyl/N-ethyl adjacent to an activating group) is 1. The lowest BCUT2D eigenvalue weighted by Gasteiger charge is -2.12. The highest BCUT2D eigenvalue weighted by atomic mass is 16.2. The molecule has 1 aromatic carbocycles. The van der Waals surface area contributed by atoms with E-state index in [1.807, 2.05) is 24.3 Å². The van der Waals surface area contributed by atoms with Crippen LogP contribution in [-0.2, 0) is 16.0 Å². The van der Waals surface area contributed by atoms with Crippen molar-refractivity contribution in [3.63, 3.8) is 0 Å². The molecule has 2 amide bonds. The third kappa shape index (κ3) is 5.30. The predicted octanol–water partition coefficient (Wildman–Crippen LogP) is 1.21. The second-order valence-electron chi connectivity index (χ2n) is 5.13. The summed E-state index contributed by atoms with van der Waals surface area (Å²) in [7, 11) is 6.98. The fourth-order valence-electron chi connectivity index (χ4n) is 1.60. The van der Waals surface area contributed by atoms with Gasteiger partial charge in [-0.2, -0.15) is 0 Å². The van der Waals surface area contributed by atoms with Gasteiger partial charge in [0.2, 0.25) is 11.8 Å². The number of carbonyl (C=O) groups excluding carboxylic acids is 2. The fourth-order valence-corrected chi connectivity index (χ4v) is 1.60. The largest absolute Gasteiger partial charge is 0.376 e. The molecule has 0 radical (unpaired) electrons. The van der Waals surface area contributed by atoms with Gasteiger partial charge in [0.05, 0.1) is 6.54 Å². The van der Waals surface area contributed by atoms with Crippen molar-refractivity contribution in [2.45, 2.75) is 12.8 Å². The van der Waals surface area contributed by atoms with Crippen LogP contribution >= 0.6 is 0 Å². The van der Waals surface area contributed by atoms with Crippen LogP contribution in [0.1, 0.15) is 12.0 Å². The highest BCUT2D eigenvalue weighted by Gasteiger charge is 2.05. The normalized spacial score (nSPS) is 10.0. The minimum atomic E-state index is 0.0330. The number of hydrogen-bond donors (Lipinski definition) is 1. The first-order valence-electron chi connectivity index (χ1n) is 6.63. The fraction of sp³-hybridized carbons (Fsp3) is 0.467. The van der Waals surface area contributed by atoms with Crippen LogP contribution in [0.4, 0.5) is 5.69 Å². The molecule has 0 aliphatic rings. The highest BCUT2D eigenvalue weighted by Crippen LogP contribution is 2.11. The van der Waals surface area contributed by atoms with Gasteiger partial charge in [-0.05, 0) is 24.1 Å². The van der Waals surface area contributed by atoms with Crippen molar-refractivity contribution in [2.24, 2.45) is 0 Å². The summed E-state index contributed by atoms with van der Waals surface area (Å²) < 4.78 is 0. The molecule has 1 rings (SSSR count). The van der Waals surface area contributed by atoms with E-state index in [0.717, 1.165) is 17.7 Å². The van der Waals surface area contributed by atoms with Crippen LogP contribution in [0.3, 0.4) is 0 Å². The molecule has 0 unspecified atom stereocenters. The molecule has 110 valence electrons. The van der Waals surface area contributed by atoms with Crippen LogP contribution in [0, 0.1) is 0 Å². The lowest BCUT2D eigenvalue weighted by atomic mass is 10.1. The van der Waals surface area contributed by atoms with Gasteiger partial charge in [-0.15, -0.1) is 0 Å². The number of nitrogens with one attached hydrogen (secondary N) is 1. The second-order valence-corrected chi connectivity index (χ2v) is 5.13. The Morgan fingerprint density at radius 3 is 2.00 bits per heavy atom. The van der Waals surface area contributed by atoms with Gasteiger partial charge < -0.3 is 15.1 Å². The van der Waals surface area contributed by atoms with Gasteiger partial charge >= 0.3 is 0 Å². The van der Waals surface area contributed by atoms with Gasteiger partial charge in [0.1, 0.15) is 0 Å². The van der Waals surface area contributed by atoms with Crippen molar-refractivity contribution >= 4 is 17.5 Å². The maximum absolute atomic E-state index is 11.5. The van der Waals surface area contributed by atoms with Gasteiger partial charge in [-0.25, -0.2) is 0 Å².